The molecule has 0 spiro atoms. The fourth-order valence-electron chi connectivity index (χ4n) is 3.75. The Morgan fingerprint density at radius 3 is 3.05 bits per heavy atom. The molecule has 1 N–H and O–H groups in total. The highest BCUT2D eigenvalue weighted by Gasteiger charge is 2.42. The van der Waals surface area contributed by atoms with Gasteiger partial charge in [0.05, 0.1) is 4.90 Å². The lowest BCUT2D eigenvalue weighted by Crippen LogP contribution is -2.48. The zero-order chi connectivity index (χ0) is 15.2. The van der Waals surface area contributed by atoms with Gasteiger partial charge in [-0.3, -0.25) is 4.98 Å². The van der Waals surface area contributed by atoms with Crippen molar-refractivity contribution >= 4 is 20.8 Å². The number of hydrogen-bond donors (Lipinski definition) is 1. The smallest absolute Gasteiger partial charge is 0.243 e. The van der Waals surface area contributed by atoms with Gasteiger partial charge in [0.2, 0.25) is 10.0 Å². The van der Waals surface area contributed by atoms with E-state index in [9.17, 15) is 8.42 Å². The fraction of sp³-hybridized carbons (Fsp3) is 0.438. The van der Waals surface area contributed by atoms with Crippen molar-refractivity contribution in [3.05, 3.63) is 36.7 Å². The molecule has 4 rings (SSSR count). The zero-order valence-corrected chi connectivity index (χ0v) is 13.1. The number of fused-ring (bicyclic) bond motifs is 2. The fourth-order valence-corrected chi connectivity index (χ4v) is 5.67. The predicted octanol–water partition coefficient (Wildman–Crippen LogP) is 1.75. The number of aromatic nitrogens is 1. The number of hydrogen-bond acceptors (Lipinski definition) is 4. The maximum Gasteiger partial charge on any atom is 0.243 e. The Morgan fingerprint density at radius 1 is 1.23 bits per heavy atom. The lowest BCUT2D eigenvalue weighted by molar-refractivity contribution is 0.289. The largest absolute Gasteiger partial charge is 0.312 e. The van der Waals surface area contributed by atoms with Gasteiger partial charge in [-0.2, -0.15) is 4.31 Å². The topological polar surface area (TPSA) is 62.3 Å². The van der Waals surface area contributed by atoms with Crippen molar-refractivity contribution in [2.24, 2.45) is 0 Å². The Labute approximate surface area is 130 Å². The Kier molecular flexibility index (Phi) is 3.40. The zero-order valence-electron chi connectivity index (χ0n) is 12.3. The first-order valence-electron chi connectivity index (χ1n) is 7.76. The molecule has 116 valence electrons. The Bertz CT molecular complexity index is 801. The molecular formula is C16H19N3O2S. The maximum atomic E-state index is 13.2. The van der Waals surface area contributed by atoms with Crippen LogP contribution in [0.15, 0.2) is 41.6 Å². The summed E-state index contributed by atoms with van der Waals surface area (Å²) in [5.41, 5.74) is 0. The minimum atomic E-state index is -3.47. The first-order chi connectivity index (χ1) is 10.7. The Hall–Kier alpha value is -1.50. The summed E-state index contributed by atoms with van der Waals surface area (Å²) in [7, 11) is -3.47. The average molecular weight is 317 g/mol. The standard InChI is InChI=1S/C16H19N3O2S/c20-22(21,19-10-7-14-15(19)4-2-8-18-14)16-5-1-3-12-11-17-9-6-13(12)16/h1,3,5-6,9,11,14-15,18H,2,4,7-8,10H2. The molecule has 22 heavy (non-hydrogen) atoms. The van der Waals surface area contributed by atoms with Crippen molar-refractivity contribution in [3.8, 4) is 0 Å². The summed E-state index contributed by atoms with van der Waals surface area (Å²) in [6, 6.07) is 7.59. The highest BCUT2D eigenvalue weighted by molar-refractivity contribution is 7.89. The molecular weight excluding hydrogens is 298 g/mol. The third-order valence-corrected chi connectivity index (χ3v) is 6.79. The molecule has 0 amide bonds. The Morgan fingerprint density at radius 2 is 2.14 bits per heavy atom. The van der Waals surface area contributed by atoms with Gasteiger partial charge in [0.15, 0.2) is 0 Å². The highest BCUT2D eigenvalue weighted by atomic mass is 32.2. The lowest BCUT2D eigenvalue weighted by Gasteiger charge is -2.32. The van der Waals surface area contributed by atoms with Gasteiger partial charge in [0.1, 0.15) is 0 Å². The second kappa shape index (κ2) is 5.30. The second-order valence-electron chi connectivity index (χ2n) is 6.03. The van der Waals surface area contributed by atoms with Crippen LogP contribution in [0.5, 0.6) is 0 Å². The van der Waals surface area contributed by atoms with E-state index in [0.717, 1.165) is 36.6 Å². The van der Waals surface area contributed by atoms with Crippen LogP contribution in [0.4, 0.5) is 0 Å². The van der Waals surface area contributed by atoms with Crippen LogP contribution in [0.1, 0.15) is 19.3 Å². The molecule has 0 aliphatic carbocycles. The molecule has 1 aromatic carbocycles. The summed E-state index contributed by atoms with van der Waals surface area (Å²) in [4.78, 5) is 4.48. The quantitative estimate of drug-likeness (QED) is 0.916. The van der Waals surface area contributed by atoms with Crippen molar-refractivity contribution in [1.82, 2.24) is 14.6 Å². The molecule has 2 saturated heterocycles. The average Bonchev–Trinajstić information content (AvgIpc) is 2.99. The number of pyridine rings is 1. The van der Waals surface area contributed by atoms with Gasteiger partial charge in [-0.1, -0.05) is 12.1 Å². The molecule has 2 aliphatic heterocycles. The second-order valence-corrected chi connectivity index (χ2v) is 7.89. The predicted molar refractivity (Wildman–Crippen MR) is 85.1 cm³/mol. The molecule has 5 nitrogen and oxygen atoms in total. The summed E-state index contributed by atoms with van der Waals surface area (Å²) in [6.45, 7) is 1.60. The lowest BCUT2D eigenvalue weighted by atomic mass is 10.0. The number of nitrogens with zero attached hydrogens (tertiary/aromatic N) is 2. The van der Waals surface area contributed by atoms with E-state index in [1.165, 1.54) is 0 Å². The van der Waals surface area contributed by atoms with Gasteiger partial charge in [-0.15, -0.1) is 0 Å². The van der Waals surface area contributed by atoms with E-state index in [1.54, 1.807) is 34.9 Å². The molecule has 6 heteroatoms. The van der Waals surface area contributed by atoms with E-state index >= 15 is 0 Å². The maximum absolute atomic E-state index is 13.2. The minimum absolute atomic E-state index is 0.0934. The number of piperidine rings is 1. The molecule has 2 aromatic rings. The number of nitrogens with one attached hydrogen (secondary N) is 1. The molecule has 2 aliphatic rings. The Balaban J connectivity index is 1.80. The van der Waals surface area contributed by atoms with Crippen LogP contribution >= 0.6 is 0 Å². The molecule has 0 radical (unpaired) electrons. The van der Waals surface area contributed by atoms with Crippen LogP contribution in [0.3, 0.4) is 0 Å². The van der Waals surface area contributed by atoms with Crippen molar-refractivity contribution in [2.75, 3.05) is 13.1 Å². The first-order valence-corrected chi connectivity index (χ1v) is 9.20. The van der Waals surface area contributed by atoms with Crippen LogP contribution < -0.4 is 5.32 Å². The third-order valence-electron chi connectivity index (χ3n) is 4.81. The van der Waals surface area contributed by atoms with Crippen molar-refractivity contribution in [3.63, 3.8) is 0 Å². The minimum Gasteiger partial charge on any atom is -0.312 e. The van der Waals surface area contributed by atoms with Gasteiger partial charge >= 0.3 is 0 Å². The monoisotopic (exact) mass is 317 g/mol. The summed E-state index contributed by atoms with van der Waals surface area (Å²) in [5.74, 6) is 0. The van der Waals surface area contributed by atoms with E-state index in [0.29, 0.717) is 17.5 Å². The van der Waals surface area contributed by atoms with Crippen LogP contribution in [0, 0.1) is 0 Å². The van der Waals surface area contributed by atoms with Gasteiger partial charge in [0.25, 0.3) is 0 Å². The molecule has 3 heterocycles. The van der Waals surface area contributed by atoms with E-state index in [2.05, 4.69) is 10.3 Å². The normalized spacial score (nSPS) is 26.2. The first kappa shape index (κ1) is 14.1. The van der Waals surface area contributed by atoms with E-state index in [-0.39, 0.29) is 6.04 Å². The molecule has 2 fully saturated rings. The molecule has 0 saturated carbocycles. The van der Waals surface area contributed by atoms with Crippen LogP contribution in [0.2, 0.25) is 0 Å². The highest BCUT2D eigenvalue weighted by Crippen LogP contribution is 2.33. The van der Waals surface area contributed by atoms with E-state index in [4.69, 9.17) is 0 Å². The van der Waals surface area contributed by atoms with Gasteiger partial charge in [-0.05, 0) is 37.9 Å². The summed E-state index contributed by atoms with van der Waals surface area (Å²) >= 11 is 0. The number of rotatable bonds is 2. The van der Waals surface area contributed by atoms with Crippen LogP contribution in [-0.4, -0.2) is 42.9 Å². The SMILES string of the molecule is O=S(=O)(c1cccc2cnccc12)N1CCC2NCCCC21. The molecule has 1 aromatic heterocycles. The molecule has 2 unspecified atom stereocenters. The summed E-state index contributed by atoms with van der Waals surface area (Å²) < 4.78 is 28.1. The van der Waals surface area contributed by atoms with Crippen molar-refractivity contribution in [2.45, 2.75) is 36.2 Å². The molecule has 2 atom stereocenters. The van der Waals surface area contributed by atoms with Gasteiger partial charge in [0, 0.05) is 41.8 Å². The number of benzene rings is 1. The molecule has 0 bridgehead atoms. The van der Waals surface area contributed by atoms with E-state index < -0.39 is 10.0 Å². The third kappa shape index (κ3) is 2.14. The summed E-state index contributed by atoms with van der Waals surface area (Å²) in [6.07, 6.45) is 6.24. The van der Waals surface area contributed by atoms with Crippen molar-refractivity contribution in [1.29, 1.82) is 0 Å². The van der Waals surface area contributed by atoms with Crippen LogP contribution in [0.25, 0.3) is 10.8 Å². The van der Waals surface area contributed by atoms with Crippen LogP contribution in [-0.2, 0) is 10.0 Å². The van der Waals surface area contributed by atoms with Crippen molar-refractivity contribution < 1.29 is 8.42 Å². The summed E-state index contributed by atoms with van der Waals surface area (Å²) in [5, 5.41) is 5.07. The van der Waals surface area contributed by atoms with Gasteiger partial charge < -0.3 is 5.32 Å². The van der Waals surface area contributed by atoms with Gasteiger partial charge in [-0.25, -0.2) is 8.42 Å². The van der Waals surface area contributed by atoms with E-state index in [1.807, 2.05) is 6.07 Å². The number of sulfonamides is 1.